The van der Waals surface area contributed by atoms with Crippen molar-refractivity contribution in [1.29, 1.82) is 0 Å². The number of hydrogen-bond donors (Lipinski definition) is 1. The van der Waals surface area contributed by atoms with Crippen molar-refractivity contribution in [3.63, 3.8) is 0 Å². The van der Waals surface area contributed by atoms with E-state index in [0.717, 1.165) is 32.1 Å². The Balaban J connectivity index is 1.52. The van der Waals surface area contributed by atoms with Gasteiger partial charge in [0.05, 0.1) is 6.10 Å². The lowest BCUT2D eigenvalue weighted by atomic mass is 9.57. The van der Waals surface area contributed by atoms with Gasteiger partial charge in [-0.2, -0.15) is 0 Å². The van der Waals surface area contributed by atoms with Gasteiger partial charge in [-0.15, -0.1) is 0 Å². The minimum Gasteiger partial charge on any atom is -0.462 e. The number of unbranched alkanes of at least 4 members (excludes halogenated alkanes) is 15. The van der Waals surface area contributed by atoms with Gasteiger partial charge in [0.15, 0.2) is 0 Å². The van der Waals surface area contributed by atoms with E-state index in [1.54, 1.807) is 0 Å². The Labute approximate surface area is 237 Å². The Morgan fingerprint density at radius 2 is 1.03 bits per heavy atom. The lowest BCUT2D eigenvalue weighted by Gasteiger charge is -2.50. The van der Waals surface area contributed by atoms with Crippen molar-refractivity contribution in [3.05, 3.63) is 0 Å². The van der Waals surface area contributed by atoms with Gasteiger partial charge in [0.1, 0.15) is 6.10 Å². The first-order valence-electron chi connectivity index (χ1n) is 16.8. The van der Waals surface area contributed by atoms with E-state index in [9.17, 15) is 9.90 Å². The molecule has 0 bridgehead atoms. The number of carbonyl (C=O) groups excluding carboxylic acids is 1. The summed E-state index contributed by atoms with van der Waals surface area (Å²) in [6.07, 6.45) is 24.9. The molecule has 0 radical (unpaired) electrons. The molecule has 2 aliphatic carbocycles. The van der Waals surface area contributed by atoms with Gasteiger partial charge in [-0.25, -0.2) is 0 Å². The van der Waals surface area contributed by atoms with E-state index in [0.29, 0.717) is 6.42 Å². The van der Waals surface area contributed by atoms with Crippen LogP contribution < -0.4 is 0 Å². The minimum absolute atomic E-state index is 0.00276. The topological polar surface area (TPSA) is 46.5 Å². The maximum absolute atomic E-state index is 12.6. The molecular formula is C35H66O3. The summed E-state index contributed by atoms with van der Waals surface area (Å²) in [6.45, 7) is 15.8. The predicted octanol–water partition coefficient (Wildman–Crippen LogP) is 10.4. The predicted molar refractivity (Wildman–Crippen MR) is 162 cm³/mol. The molecule has 3 unspecified atom stereocenters. The zero-order valence-corrected chi connectivity index (χ0v) is 26.7. The van der Waals surface area contributed by atoms with E-state index in [2.05, 4.69) is 48.5 Å². The quantitative estimate of drug-likeness (QED) is 0.140. The molecule has 0 amide bonds. The second-order valence-electron chi connectivity index (χ2n) is 15.4. The molecule has 3 atom stereocenters. The SMILES string of the molecule is CCCCCCCCCCCCCCCCCCC(=O)OC1CC12CC(C(C)(C)C)C(O)C(C(C)(C)C)C2. The van der Waals surface area contributed by atoms with Crippen LogP contribution in [0.5, 0.6) is 0 Å². The summed E-state index contributed by atoms with van der Waals surface area (Å²) in [4.78, 5) is 12.6. The van der Waals surface area contributed by atoms with Crippen molar-refractivity contribution < 1.29 is 14.6 Å². The summed E-state index contributed by atoms with van der Waals surface area (Å²) >= 11 is 0. The fourth-order valence-corrected chi connectivity index (χ4v) is 7.06. The Hall–Kier alpha value is -0.570. The van der Waals surface area contributed by atoms with Crippen LogP contribution in [-0.2, 0) is 9.53 Å². The number of rotatable bonds is 18. The molecule has 38 heavy (non-hydrogen) atoms. The zero-order chi connectivity index (χ0) is 28.2. The number of hydrogen-bond acceptors (Lipinski definition) is 3. The van der Waals surface area contributed by atoms with Crippen LogP contribution in [0.1, 0.15) is 177 Å². The monoisotopic (exact) mass is 535 g/mol. The third-order valence-corrected chi connectivity index (χ3v) is 9.93. The summed E-state index contributed by atoms with van der Waals surface area (Å²) in [6, 6.07) is 0. The van der Waals surface area contributed by atoms with Gasteiger partial charge in [0.25, 0.3) is 0 Å². The average Bonchev–Trinajstić information content (AvgIpc) is 3.49. The van der Waals surface area contributed by atoms with Gasteiger partial charge in [-0.1, -0.05) is 145 Å². The third-order valence-electron chi connectivity index (χ3n) is 9.93. The second kappa shape index (κ2) is 16.0. The first-order chi connectivity index (χ1) is 17.9. The molecule has 3 heteroatoms. The van der Waals surface area contributed by atoms with Crippen LogP contribution in [0, 0.1) is 28.1 Å². The summed E-state index contributed by atoms with van der Waals surface area (Å²) in [5.41, 5.74) is 0.210. The van der Waals surface area contributed by atoms with Crippen LogP contribution in [0.4, 0.5) is 0 Å². The van der Waals surface area contributed by atoms with Crippen molar-refractivity contribution in [2.75, 3.05) is 0 Å². The van der Waals surface area contributed by atoms with Crippen LogP contribution in [0.25, 0.3) is 0 Å². The highest BCUT2D eigenvalue weighted by Crippen LogP contribution is 2.64. The average molecular weight is 535 g/mol. The molecule has 1 spiro atoms. The Morgan fingerprint density at radius 3 is 1.39 bits per heavy atom. The molecule has 0 aliphatic heterocycles. The molecule has 2 saturated carbocycles. The molecule has 0 heterocycles. The van der Waals surface area contributed by atoms with Gasteiger partial charge >= 0.3 is 5.97 Å². The molecule has 0 aromatic rings. The lowest BCUT2D eigenvalue weighted by molar-refractivity contribution is -0.149. The van der Waals surface area contributed by atoms with Gasteiger partial charge in [-0.05, 0) is 48.3 Å². The van der Waals surface area contributed by atoms with Gasteiger partial charge < -0.3 is 9.84 Å². The lowest BCUT2D eigenvalue weighted by Crippen LogP contribution is -2.49. The first kappa shape index (κ1) is 33.6. The van der Waals surface area contributed by atoms with Gasteiger partial charge in [-0.3, -0.25) is 4.79 Å². The number of esters is 1. The fourth-order valence-electron chi connectivity index (χ4n) is 7.06. The highest BCUT2D eigenvalue weighted by molar-refractivity contribution is 5.69. The minimum atomic E-state index is -0.275. The van der Waals surface area contributed by atoms with Crippen molar-refractivity contribution in [3.8, 4) is 0 Å². The van der Waals surface area contributed by atoms with Crippen molar-refractivity contribution in [2.45, 2.75) is 189 Å². The van der Waals surface area contributed by atoms with E-state index >= 15 is 0 Å². The molecular weight excluding hydrogens is 468 g/mol. The van der Waals surface area contributed by atoms with Crippen molar-refractivity contribution >= 4 is 5.97 Å². The smallest absolute Gasteiger partial charge is 0.306 e. The van der Waals surface area contributed by atoms with Crippen LogP contribution >= 0.6 is 0 Å². The highest BCUT2D eigenvalue weighted by atomic mass is 16.5. The number of aliphatic hydroxyl groups is 1. The summed E-state index contributed by atoms with van der Waals surface area (Å²) in [5, 5.41) is 11.2. The molecule has 2 aliphatic rings. The Bertz CT molecular complexity index is 631. The van der Waals surface area contributed by atoms with Crippen LogP contribution in [0.15, 0.2) is 0 Å². The highest BCUT2D eigenvalue weighted by Gasteiger charge is 2.64. The normalized spacial score (nSPS) is 27.6. The van der Waals surface area contributed by atoms with E-state index in [1.165, 1.54) is 89.9 Å². The molecule has 3 nitrogen and oxygen atoms in total. The number of ether oxygens (including phenoxy) is 1. The van der Waals surface area contributed by atoms with E-state index in [-0.39, 0.29) is 46.3 Å². The first-order valence-corrected chi connectivity index (χ1v) is 16.8. The number of carbonyl (C=O) groups is 1. The second-order valence-corrected chi connectivity index (χ2v) is 15.4. The van der Waals surface area contributed by atoms with Crippen LogP contribution in [-0.4, -0.2) is 23.3 Å². The molecule has 0 aromatic carbocycles. The molecule has 224 valence electrons. The third kappa shape index (κ3) is 11.5. The largest absolute Gasteiger partial charge is 0.462 e. The number of aliphatic hydroxyl groups excluding tert-OH is 1. The van der Waals surface area contributed by atoms with E-state index in [4.69, 9.17) is 4.74 Å². The maximum Gasteiger partial charge on any atom is 0.306 e. The Kier molecular flexibility index (Phi) is 14.2. The molecule has 2 fully saturated rings. The van der Waals surface area contributed by atoms with Crippen molar-refractivity contribution in [2.24, 2.45) is 28.1 Å². The molecule has 0 aromatic heterocycles. The Morgan fingerprint density at radius 1 is 0.658 bits per heavy atom. The van der Waals surface area contributed by atoms with Crippen LogP contribution in [0.3, 0.4) is 0 Å². The maximum atomic E-state index is 12.6. The van der Waals surface area contributed by atoms with Gasteiger partial charge in [0.2, 0.25) is 0 Å². The zero-order valence-electron chi connectivity index (χ0n) is 26.7. The molecule has 2 rings (SSSR count). The van der Waals surface area contributed by atoms with E-state index < -0.39 is 0 Å². The van der Waals surface area contributed by atoms with Gasteiger partial charge in [0, 0.05) is 11.8 Å². The molecule has 0 saturated heterocycles. The fraction of sp³-hybridized carbons (Fsp3) is 0.971. The molecule has 1 N–H and O–H groups in total. The standard InChI is InChI=1S/C35H66O3/c1-8-9-10-11-12-13-14-15-16-17-18-19-20-21-22-23-24-31(36)38-30-27-35(30)25-28(33(2,3)4)32(37)29(26-35)34(5,6)7/h28-30,32,37H,8-27H2,1-7H3. The summed E-state index contributed by atoms with van der Waals surface area (Å²) in [7, 11) is 0. The summed E-state index contributed by atoms with van der Waals surface area (Å²) in [5.74, 6) is 0.511. The van der Waals surface area contributed by atoms with E-state index in [1.807, 2.05) is 0 Å². The summed E-state index contributed by atoms with van der Waals surface area (Å²) < 4.78 is 6.02. The van der Waals surface area contributed by atoms with Crippen LogP contribution in [0.2, 0.25) is 0 Å². The van der Waals surface area contributed by atoms with Crippen molar-refractivity contribution in [1.82, 2.24) is 0 Å².